The van der Waals surface area contributed by atoms with Crippen LogP contribution in [0.4, 0.5) is 0 Å². The second-order valence-corrected chi connectivity index (χ2v) is 6.25. The van der Waals surface area contributed by atoms with E-state index in [-0.39, 0.29) is 0 Å². The van der Waals surface area contributed by atoms with E-state index in [4.69, 9.17) is 5.26 Å². The van der Waals surface area contributed by atoms with Crippen molar-refractivity contribution in [2.75, 3.05) is 20.1 Å². The number of fused-ring (bicyclic) bond motifs is 5. The molecule has 0 aliphatic carbocycles. The number of nitriles is 1. The van der Waals surface area contributed by atoms with Crippen LogP contribution in [0.1, 0.15) is 30.1 Å². The summed E-state index contributed by atoms with van der Waals surface area (Å²) in [5.41, 5.74) is 4.13. The van der Waals surface area contributed by atoms with Crippen LogP contribution >= 0.6 is 0 Å². The number of hydrogen-bond donors (Lipinski definition) is 1. The maximum Gasteiger partial charge on any atom is 0.179 e. The fourth-order valence-electron chi connectivity index (χ4n) is 4.03. The van der Waals surface area contributed by atoms with Gasteiger partial charge in [-0.3, -0.25) is 4.90 Å². The van der Waals surface area contributed by atoms with Crippen molar-refractivity contribution in [3.63, 3.8) is 0 Å². The summed E-state index contributed by atoms with van der Waals surface area (Å²) >= 11 is 0. The molecule has 1 aromatic carbocycles. The Morgan fingerprint density at radius 3 is 3.05 bits per heavy atom. The molecule has 1 N–H and O–H groups in total. The van der Waals surface area contributed by atoms with Gasteiger partial charge in [-0.15, -0.1) is 0 Å². The third-order valence-electron chi connectivity index (χ3n) is 5.22. The van der Waals surface area contributed by atoms with Gasteiger partial charge in [0.2, 0.25) is 0 Å². The van der Waals surface area contributed by atoms with Crippen LogP contribution in [0.5, 0.6) is 0 Å². The standard InChI is InChI=1S/C17H20N4/c1-20(11-18)12-6-8-21-9-7-14-13-4-2-3-5-15(13)19-17(14)16(21)10-12/h2-5,12,16,19H,6-10H2,1H3/t12-,16+/m1/s1. The Kier molecular flexibility index (Phi) is 2.90. The van der Waals surface area contributed by atoms with Crippen molar-refractivity contribution in [1.29, 1.82) is 5.26 Å². The SMILES string of the molecule is CN(C#N)[C@@H]1CCN2CCc3c([nH]c4ccccc34)[C@@H]2C1. The highest BCUT2D eigenvalue weighted by molar-refractivity contribution is 5.85. The maximum absolute atomic E-state index is 9.15. The Hall–Kier alpha value is -1.99. The van der Waals surface area contributed by atoms with Crippen molar-refractivity contribution in [3.8, 4) is 6.19 Å². The average molecular weight is 280 g/mol. The van der Waals surface area contributed by atoms with E-state index in [2.05, 4.69) is 40.3 Å². The average Bonchev–Trinajstić information content (AvgIpc) is 2.92. The number of nitrogens with one attached hydrogen (secondary N) is 1. The summed E-state index contributed by atoms with van der Waals surface area (Å²) in [5.74, 6) is 0. The van der Waals surface area contributed by atoms with Gasteiger partial charge < -0.3 is 9.88 Å². The summed E-state index contributed by atoms with van der Waals surface area (Å²) in [5, 5.41) is 10.5. The summed E-state index contributed by atoms with van der Waals surface area (Å²) < 4.78 is 0. The molecule has 4 rings (SSSR count). The highest BCUT2D eigenvalue weighted by atomic mass is 15.2. The van der Waals surface area contributed by atoms with Crippen LogP contribution in [0, 0.1) is 11.5 Å². The molecule has 4 heteroatoms. The van der Waals surface area contributed by atoms with Crippen molar-refractivity contribution < 1.29 is 0 Å². The van der Waals surface area contributed by atoms with Crippen molar-refractivity contribution in [2.24, 2.45) is 0 Å². The van der Waals surface area contributed by atoms with Gasteiger partial charge in [0.25, 0.3) is 0 Å². The van der Waals surface area contributed by atoms with E-state index in [1.165, 1.54) is 22.2 Å². The molecule has 2 atom stereocenters. The third-order valence-corrected chi connectivity index (χ3v) is 5.22. The van der Waals surface area contributed by atoms with Crippen molar-refractivity contribution in [3.05, 3.63) is 35.5 Å². The topological polar surface area (TPSA) is 46.1 Å². The molecule has 21 heavy (non-hydrogen) atoms. The lowest BCUT2D eigenvalue weighted by molar-refractivity contribution is 0.0882. The lowest BCUT2D eigenvalue weighted by Gasteiger charge is -2.43. The van der Waals surface area contributed by atoms with Gasteiger partial charge in [-0.05, 0) is 30.9 Å². The fraction of sp³-hybridized carbons (Fsp3) is 0.471. The molecule has 1 aromatic heterocycles. The summed E-state index contributed by atoms with van der Waals surface area (Å²) in [6, 6.07) is 9.41. The smallest absolute Gasteiger partial charge is 0.179 e. The number of nitrogens with zero attached hydrogens (tertiary/aromatic N) is 3. The van der Waals surface area contributed by atoms with Crippen LogP contribution in [0.15, 0.2) is 24.3 Å². The van der Waals surface area contributed by atoms with Gasteiger partial charge in [0.1, 0.15) is 0 Å². The number of aromatic nitrogens is 1. The minimum Gasteiger partial charge on any atom is -0.357 e. The zero-order valence-corrected chi connectivity index (χ0v) is 12.3. The molecule has 1 fully saturated rings. The molecule has 0 saturated carbocycles. The molecule has 0 unspecified atom stereocenters. The van der Waals surface area contributed by atoms with E-state index in [0.717, 1.165) is 32.4 Å². The second kappa shape index (κ2) is 4.78. The molecular formula is C17H20N4. The Morgan fingerprint density at radius 2 is 2.19 bits per heavy atom. The first-order valence-electron chi connectivity index (χ1n) is 7.74. The quantitative estimate of drug-likeness (QED) is 0.645. The predicted octanol–water partition coefficient (Wildman–Crippen LogP) is 2.64. The lowest BCUT2D eigenvalue weighted by Crippen LogP contribution is -2.46. The van der Waals surface area contributed by atoms with E-state index in [1.54, 1.807) is 0 Å². The van der Waals surface area contributed by atoms with Gasteiger partial charge in [-0.1, -0.05) is 18.2 Å². The van der Waals surface area contributed by atoms with Crippen LogP contribution in [0.3, 0.4) is 0 Å². The molecule has 0 radical (unpaired) electrons. The van der Waals surface area contributed by atoms with Gasteiger partial charge >= 0.3 is 0 Å². The Bertz CT molecular complexity index is 711. The molecule has 4 nitrogen and oxygen atoms in total. The number of hydrogen-bond acceptors (Lipinski definition) is 3. The van der Waals surface area contributed by atoms with Crippen molar-refractivity contribution in [2.45, 2.75) is 31.3 Å². The highest BCUT2D eigenvalue weighted by Crippen LogP contribution is 2.40. The second-order valence-electron chi connectivity index (χ2n) is 6.25. The molecule has 2 aliphatic heterocycles. The van der Waals surface area contributed by atoms with E-state index in [1.807, 2.05) is 11.9 Å². The first-order valence-corrected chi connectivity index (χ1v) is 7.74. The van der Waals surface area contributed by atoms with E-state index < -0.39 is 0 Å². The van der Waals surface area contributed by atoms with E-state index in [0.29, 0.717) is 12.1 Å². The molecule has 2 aliphatic rings. The van der Waals surface area contributed by atoms with Gasteiger partial charge in [-0.2, -0.15) is 5.26 Å². The van der Waals surface area contributed by atoms with Gasteiger partial charge in [-0.25, -0.2) is 0 Å². The van der Waals surface area contributed by atoms with Gasteiger partial charge in [0.15, 0.2) is 6.19 Å². The van der Waals surface area contributed by atoms with Crippen LogP contribution in [-0.4, -0.2) is 41.0 Å². The van der Waals surface area contributed by atoms with Crippen molar-refractivity contribution >= 4 is 10.9 Å². The van der Waals surface area contributed by atoms with Crippen LogP contribution < -0.4 is 0 Å². The normalized spacial score (nSPS) is 25.1. The molecule has 0 amide bonds. The first-order chi connectivity index (χ1) is 10.3. The number of para-hydroxylation sites is 1. The van der Waals surface area contributed by atoms with Crippen LogP contribution in [0.25, 0.3) is 10.9 Å². The fourth-order valence-corrected chi connectivity index (χ4v) is 4.03. The largest absolute Gasteiger partial charge is 0.357 e. The monoisotopic (exact) mass is 280 g/mol. The molecular weight excluding hydrogens is 260 g/mol. The van der Waals surface area contributed by atoms with Gasteiger partial charge in [0, 0.05) is 42.8 Å². The highest BCUT2D eigenvalue weighted by Gasteiger charge is 2.36. The molecule has 0 spiro atoms. The molecule has 1 saturated heterocycles. The minimum atomic E-state index is 0.369. The summed E-state index contributed by atoms with van der Waals surface area (Å²) in [6.45, 7) is 2.23. The number of H-pyrrole nitrogens is 1. The first kappa shape index (κ1) is 12.7. The van der Waals surface area contributed by atoms with Crippen LogP contribution in [0.2, 0.25) is 0 Å². The van der Waals surface area contributed by atoms with Crippen molar-refractivity contribution in [1.82, 2.24) is 14.8 Å². The predicted molar refractivity (Wildman–Crippen MR) is 82.7 cm³/mol. The van der Waals surface area contributed by atoms with Crippen LogP contribution in [-0.2, 0) is 6.42 Å². The van der Waals surface area contributed by atoms with E-state index in [9.17, 15) is 0 Å². The Balaban J connectivity index is 1.74. The molecule has 108 valence electrons. The number of rotatable bonds is 1. The molecule has 0 bridgehead atoms. The number of benzene rings is 1. The maximum atomic E-state index is 9.15. The molecule has 2 aromatic rings. The van der Waals surface area contributed by atoms with E-state index >= 15 is 0 Å². The zero-order valence-electron chi connectivity index (χ0n) is 12.3. The summed E-state index contributed by atoms with van der Waals surface area (Å²) in [6.07, 6.45) is 5.56. The molecule has 3 heterocycles. The summed E-state index contributed by atoms with van der Waals surface area (Å²) in [4.78, 5) is 8.06. The van der Waals surface area contributed by atoms with Gasteiger partial charge in [0.05, 0.1) is 6.04 Å². The third kappa shape index (κ3) is 1.92. The number of piperidine rings is 1. The zero-order chi connectivity index (χ0) is 14.4. The lowest BCUT2D eigenvalue weighted by atomic mass is 9.88. The summed E-state index contributed by atoms with van der Waals surface area (Å²) in [7, 11) is 1.91. The Labute approximate surface area is 125 Å². The Morgan fingerprint density at radius 1 is 1.33 bits per heavy atom. The minimum absolute atomic E-state index is 0.369. The number of aromatic amines is 1.